The maximum Gasteiger partial charge on any atom is 0.0837 e. The average Bonchev–Trinajstić information content (AvgIpc) is 2.61. The molecule has 6 heteroatoms. The summed E-state index contributed by atoms with van der Waals surface area (Å²) in [6.07, 6.45) is 1.61. The highest BCUT2D eigenvalue weighted by atomic mass is 127. The zero-order valence-electron chi connectivity index (χ0n) is 8.99. The fraction of sp³-hybridized carbons (Fsp3) is 0.182. The second-order valence-electron chi connectivity index (χ2n) is 3.64. The molecule has 1 heterocycles. The highest BCUT2D eigenvalue weighted by molar-refractivity contribution is 14.1. The fourth-order valence-corrected chi connectivity index (χ4v) is 3.00. The van der Waals surface area contributed by atoms with Gasteiger partial charge < -0.3 is 5.73 Å². The lowest BCUT2D eigenvalue weighted by atomic mass is 10.0. The number of nitrogens with zero attached hydrogens (tertiary/aromatic N) is 2. The number of hydrogen-bond donors (Lipinski definition) is 1. The molecule has 2 N–H and O–H groups in total. The van der Waals surface area contributed by atoms with E-state index in [2.05, 4.69) is 43.6 Å². The van der Waals surface area contributed by atoms with Gasteiger partial charge in [0.1, 0.15) is 0 Å². The Hall–Kier alpha value is -0.110. The van der Waals surface area contributed by atoms with Gasteiger partial charge in [0, 0.05) is 15.1 Å². The molecule has 0 fully saturated rings. The highest BCUT2D eigenvalue weighted by Gasteiger charge is 2.19. The smallest absolute Gasteiger partial charge is 0.0837 e. The third-order valence-electron chi connectivity index (χ3n) is 2.53. The van der Waals surface area contributed by atoms with Gasteiger partial charge in [-0.2, -0.15) is 5.10 Å². The van der Waals surface area contributed by atoms with Crippen molar-refractivity contribution in [3.63, 3.8) is 0 Å². The summed E-state index contributed by atoms with van der Waals surface area (Å²) in [6.45, 7) is 0. The number of rotatable bonds is 2. The van der Waals surface area contributed by atoms with Crippen LogP contribution in [-0.2, 0) is 7.05 Å². The molecule has 0 saturated carbocycles. The van der Waals surface area contributed by atoms with E-state index >= 15 is 0 Å². The third-order valence-corrected chi connectivity index (χ3v) is 4.29. The van der Waals surface area contributed by atoms with Crippen LogP contribution in [0.5, 0.6) is 0 Å². The molecular formula is C11H10BrClIN3. The summed E-state index contributed by atoms with van der Waals surface area (Å²) in [4.78, 5) is 0. The van der Waals surface area contributed by atoms with Crippen molar-refractivity contribution < 1.29 is 0 Å². The summed E-state index contributed by atoms with van der Waals surface area (Å²) in [5.74, 6) is 0. The Labute approximate surface area is 127 Å². The zero-order chi connectivity index (χ0) is 12.6. The van der Waals surface area contributed by atoms with Crippen LogP contribution in [0.3, 0.4) is 0 Å². The number of benzene rings is 1. The van der Waals surface area contributed by atoms with E-state index in [0.29, 0.717) is 5.02 Å². The van der Waals surface area contributed by atoms with Crippen molar-refractivity contribution in [2.24, 2.45) is 12.8 Å². The van der Waals surface area contributed by atoms with Gasteiger partial charge >= 0.3 is 0 Å². The molecule has 3 nitrogen and oxygen atoms in total. The third kappa shape index (κ3) is 2.67. The Morgan fingerprint density at radius 2 is 2.24 bits per heavy atom. The topological polar surface area (TPSA) is 43.8 Å². The summed E-state index contributed by atoms with van der Waals surface area (Å²) < 4.78 is 3.82. The molecule has 0 aliphatic rings. The van der Waals surface area contributed by atoms with Crippen LogP contribution in [0.25, 0.3) is 0 Å². The largest absolute Gasteiger partial charge is 0.319 e. The van der Waals surface area contributed by atoms with E-state index in [1.165, 1.54) is 0 Å². The summed E-state index contributed by atoms with van der Waals surface area (Å²) in [6, 6.07) is 5.74. The van der Waals surface area contributed by atoms with E-state index in [1.54, 1.807) is 10.9 Å². The van der Waals surface area contributed by atoms with E-state index in [0.717, 1.165) is 19.3 Å². The number of halogens is 3. The molecule has 1 atom stereocenters. The summed E-state index contributed by atoms with van der Waals surface area (Å²) in [5.41, 5.74) is 8.12. The van der Waals surface area contributed by atoms with Gasteiger partial charge in [-0.05, 0) is 46.4 Å². The first-order valence-electron chi connectivity index (χ1n) is 4.88. The first-order valence-corrected chi connectivity index (χ1v) is 7.13. The molecule has 1 aromatic carbocycles. The average molecular weight is 426 g/mol. The van der Waals surface area contributed by atoms with Crippen molar-refractivity contribution in [1.29, 1.82) is 0 Å². The minimum atomic E-state index is -0.278. The van der Waals surface area contributed by atoms with Crippen molar-refractivity contribution in [3.05, 3.63) is 48.7 Å². The maximum absolute atomic E-state index is 6.26. The first kappa shape index (κ1) is 13.3. The molecule has 1 unspecified atom stereocenters. The lowest BCUT2D eigenvalue weighted by Crippen LogP contribution is -2.17. The summed E-state index contributed by atoms with van der Waals surface area (Å²) in [5, 5.41) is 4.70. The molecule has 1 aromatic heterocycles. The molecule has 0 spiro atoms. The van der Waals surface area contributed by atoms with Crippen molar-refractivity contribution in [2.45, 2.75) is 6.04 Å². The van der Waals surface area contributed by atoms with Crippen LogP contribution in [0.4, 0.5) is 0 Å². The number of aromatic nitrogens is 2. The lowest BCUT2D eigenvalue weighted by Gasteiger charge is -2.15. The molecule has 0 saturated heterocycles. The fourth-order valence-electron chi connectivity index (χ4n) is 1.67. The van der Waals surface area contributed by atoms with E-state index in [-0.39, 0.29) is 6.04 Å². The van der Waals surface area contributed by atoms with Crippen LogP contribution in [0.2, 0.25) is 5.02 Å². The molecule has 0 bridgehead atoms. The van der Waals surface area contributed by atoms with Gasteiger partial charge in [-0.1, -0.05) is 27.5 Å². The molecule has 2 aromatic rings. The van der Waals surface area contributed by atoms with Gasteiger partial charge in [-0.15, -0.1) is 0 Å². The molecule has 17 heavy (non-hydrogen) atoms. The van der Waals surface area contributed by atoms with Gasteiger partial charge in [0.2, 0.25) is 0 Å². The summed E-state index contributed by atoms with van der Waals surface area (Å²) in [7, 11) is 1.84. The van der Waals surface area contributed by atoms with Crippen molar-refractivity contribution in [1.82, 2.24) is 9.78 Å². The Balaban J connectivity index is 2.50. The first-order chi connectivity index (χ1) is 8.00. The van der Waals surface area contributed by atoms with E-state index in [9.17, 15) is 0 Å². The predicted octanol–water partition coefficient (Wildman–Crippen LogP) is 3.49. The predicted molar refractivity (Wildman–Crippen MR) is 81.1 cm³/mol. The van der Waals surface area contributed by atoms with Gasteiger partial charge in [-0.25, -0.2) is 0 Å². The molecule has 0 aliphatic heterocycles. The molecule has 0 aliphatic carbocycles. The molecule has 90 valence electrons. The summed E-state index contributed by atoms with van der Waals surface area (Å²) >= 11 is 11.8. The monoisotopic (exact) mass is 425 g/mol. The Bertz CT molecular complexity index is 536. The van der Waals surface area contributed by atoms with Crippen molar-refractivity contribution in [3.8, 4) is 0 Å². The van der Waals surface area contributed by atoms with Gasteiger partial charge in [0.25, 0.3) is 0 Å². The van der Waals surface area contributed by atoms with E-state index in [4.69, 9.17) is 17.3 Å². The van der Waals surface area contributed by atoms with E-state index in [1.807, 2.05) is 25.2 Å². The van der Waals surface area contributed by atoms with Crippen LogP contribution >= 0.6 is 50.1 Å². The van der Waals surface area contributed by atoms with E-state index < -0.39 is 0 Å². The van der Waals surface area contributed by atoms with Crippen molar-refractivity contribution >= 4 is 50.1 Å². The van der Waals surface area contributed by atoms with Gasteiger partial charge in [0.15, 0.2) is 0 Å². The van der Waals surface area contributed by atoms with Crippen LogP contribution < -0.4 is 5.73 Å². The quantitative estimate of drug-likeness (QED) is 0.748. The molecule has 0 amide bonds. The van der Waals surface area contributed by atoms with Crippen LogP contribution in [0.1, 0.15) is 17.3 Å². The van der Waals surface area contributed by atoms with Gasteiger partial charge in [-0.3, -0.25) is 4.68 Å². The lowest BCUT2D eigenvalue weighted by molar-refractivity contribution is 0.672. The molecular weight excluding hydrogens is 416 g/mol. The van der Waals surface area contributed by atoms with Crippen molar-refractivity contribution in [2.75, 3.05) is 0 Å². The minimum Gasteiger partial charge on any atom is -0.319 e. The van der Waals surface area contributed by atoms with Crippen LogP contribution in [0, 0.1) is 3.57 Å². The minimum absolute atomic E-state index is 0.278. The molecule has 0 radical (unpaired) electrons. The maximum atomic E-state index is 6.26. The second kappa shape index (κ2) is 5.26. The van der Waals surface area contributed by atoms with Crippen LogP contribution in [-0.4, -0.2) is 9.78 Å². The SMILES string of the molecule is Cn1ncc(Cl)c1C(N)c1cc(Br)ccc1I. The second-order valence-corrected chi connectivity index (χ2v) is 6.13. The van der Waals surface area contributed by atoms with Gasteiger partial charge in [0.05, 0.1) is 23.0 Å². The molecule has 2 rings (SSSR count). The number of aryl methyl sites for hydroxylation is 1. The Kier molecular flexibility index (Phi) is 4.12. The number of hydrogen-bond acceptors (Lipinski definition) is 2. The standard InChI is InChI=1S/C11H10BrClIN3/c1-17-11(8(13)5-16-17)10(15)7-4-6(12)2-3-9(7)14/h2-5,10H,15H2,1H3. The Morgan fingerprint density at radius 3 is 2.82 bits per heavy atom. The highest BCUT2D eigenvalue weighted by Crippen LogP contribution is 2.30. The normalized spacial score (nSPS) is 12.8. The number of nitrogens with two attached hydrogens (primary N) is 1. The Morgan fingerprint density at radius 1 is 1.53 bits per heavy atom. The van der Waals surface area contributed by atoms with Crippen LogP contribution in [0.15, 0.2) is 28.9 Å². The zero-order valence-corrected chi connectivity index (χ0v) is 13.5.